The highest BCUT2D eigenvalue weighted by atomic mass is 79.9. The molecule has 3 rings (SSSR count). The first-order valence-electron chi connectivity index (χ1n) is 6.62. The zero-order chi connectivity index (χ0) is 16.2. The summed E-state index contributed by atoms with van der Waals surface area (Å²) in [5, 5.41) is 3.93. The molecule has 0 aliphatic rings. The minimum atomic E-state index is 0.0868. The zero-order valence-corrected chi connectivity index (χ0v) is 14.9. The standard InChI is InChI=1S/C16H10Br2N2O3/c17-12-3-1-2-10(6-12)16-19-15(23-20-16)9-22-14-5-4-13(18)7-11(14)8-21/h1-8H,9H2. The number of rotatable bonds is 5. The maximum Gasteiger partial charge on any atom is 0.264 e. The number of halogens is 2. The number of benzene rings is 2. The number of aromatic nitrogens is 2. The molecule has 1 heterocycles. The summed E-state index contributed by atoms with van der Waals surface area (Å²) in [5.74, 6) is 1.28. The number of hydrogen-bond acceptors (Lipinski definition) is 5. The highest BCUT2D eigenvalue weighted by Gasteiger charge is 2.11. The van der Waals surface area contributed by atoms with E-state index in [2.05, 4.69) is 42.0 Å². The lowest BCUT2D eigenvalue weighted by Crippen LogP contribution is -1.98. The van der Waals surface area contributed by atoms with Crippen LogP contribution in [0, 0.1) is 0 Å². The predicted octanol–water partition coefficient (Wildman–Crippen LogP) is 4.65. The molecule has 2 aromatic carbocycles. The van der Waals surface area contributed by atoms with Crippen molar-refractivity contribution >= 4 is 38.1 Å². The van der Waals surface area contributed by atoms with Crippen LogP contribution in [0.3, 0.4) is 0 Å². The molecule has 1 aromatic heterocycles. The van der Waals surface area contributed by atoms with E-state index in [9.17, 15) is 4.79 Å². The Bertz CT molecular complexity index is 849. The van der Waals surface area contributed by atoms with Crippen molar-refractivity contribution in [1.82, 2.24) is 10.1 Å². The van der Waals surface area contributed by atoms with Crippen LogP contribution in [-0.4, -0.2) is 16.4 Å². The predicted molar refractivity (Wildman–Crippen MR) is 91.3 cm³/mol. The van der Waals surface area contributed by atoms with Crippen LogP contribution in [-0.2, 0) is 6.61 Å². The van der Waals surface area contributed by atoms with Gasteiger partial charge in [0.2, 0.25) is 5.82 Å². The topological polar surface area (TPSA) is 65.2 Å². The summed E-state index contributed by atoms with van der Waals surface area (Å²) in [6, 6.07) is 12.8. The van der Waals surface area contributed by atoms with Crippen LogP contribution < -0.4 is 4.74 Å². The number of hydrogen-bond donors (Lipinski definition) is 0. The molecule has 0 bridgehead atoms. The summed E-state index contributed by atoms with van der Waals surface area (Å²) in [7, 11) is 0. The van der Waals surface area contributed by atoms with E-state index in [1.807, 2.05) is 24.3 Å². The first kappa shape index (κ1) is 15.9. The van der Waals surface area contributed by atoms with Crippen molar-refractivity contribution in [2.75, 3.05) is 0 Å². The van der Waals surface area contributed by atoms with Gasteiger partial charge in [-0.05, 0) is 30.3 Å². The van der Waals surface area contributed by atoms with Gasteiger partial charge in [0.25, 0.3) is 5.89 Å². The van der Waals surface area contributed by atoms with Crippen molar-refractivity contribution in [2.24, 2.45) is 0 Å². The van der Waals surface area contributed by atoms with Gasteiger partial charge in [-0.1, -0.05) is 49.1 Å². The fraction of sp³-hybridized carbons (Fsp3) is 0.0625. The summed E-state index contributed by atoms with van der Waals surface area (Å²) in [4.78, 5) is 15.3. The molecule has 3 aromatic rings. The molecule has 116 valence electrons. The fourth-order valence-electron chi connectivity index (χ4n) is 1.94. The summed E-state index contributed by atoms with van der Waals surface area (Å²) < 4.78 is 12.5. The molecule has 23 heavy (non-hydrogen) atoms. The number of ether oxygens (including phenoxy) is 1. The van der Waals surface area contributed by atoms with E-state index in [1.54, 1.807) is 18.2 Å². The van der Waals surface area contributed by atoms with Crippen LogP contribution in [0.1, 0.15) is 16.2 Å². The number of carbonyl (C=O) groups is 1. The molecular weight excluding hydrogens is 428 g/mol. The van der Waals surface area contributed by atoms with Gasteiger partial charge in [0.15, 0.2) is 12.9 Å². The second kappa shape index (κ2) is 7.06. The molecule has 5 nitrogen and oxygen atoms in total. The molecule has 0 atom stereocenters. The molecule has 0 aliphatic heterocycles. The Hall–Kier alpha value is -1.99. The average Bonchev–Trinajstić information content (AvgIpc) is 3.02. The van der Waals surface area contributed by atoms with Gasteiger partial charge in [-0.25, -0.2) is 0 Å². The molecule has 0 N–H and O–H groups in total. The number of aldehydes is 1. The van der Waals surface area contributed by atoms with Crippen LogP contribution >= 0.6 is 31.9 Å². The Kier molecular flexibility index (Phi) is 4.88. The monoisotopic (exact) mass is 436 g/mol. The van der Waals surface area contributed by atoms with Crippen molar-refractivity contribution in [2.45, 2.75) is 6.61 Å². The van der Waals surface area contributed by atoms with Gasteiger partial charge in [-0.15, -0.1) is 0 Å². The minimum Gasteiger partial charge on any atom is -0.483 e. The maximum atomic E-state index is 11.1. The molecule has 0 saturated heterocycles. The van der Waals surface area contributed by atoms with Crippen LogP contribution in [0.15, 0.2) is 55.9 Å². The third-order valence-electron chi connectivity index (χ3n) is 3.00. The first-order valence-corrected chi connectivity index (χ1v) is 8.20. The summed E-state index contributed by atoms with van der Waals surface area (Å²) >= 11 is 6.71. The summed E-state index contributed by atoms with van der Waals surface area (Å²) in [6.45, 7) is 0.0868. The summed E-state index contributed by atoms with van der Waals surface area (Å²) in [5.41, 5.74) is 1.29. The quantitative estimate of drug-likeness (QED) is 0.543. The van der Waals surface area contributed by atoms with E-state index >= 15 is 0 Å². The largest absolute Gasteiger partial charge is 0.483 e. The van der Waals surface area contributed by atoms with Crippen molar-refractivity contribution in [1.29, 1.82) is 0 Å². The number of carbonyl (C=O) groups excluding carboxylic acids is 1. The molecule has 0 spiro atoms. The van der Waals surface area contributed by atoms with Crippen LogP contribution in [0.25, 0.3) is 11.4 Å². The Balaban J connectivity index is 1.74. The Labute approximate surface area is 148 Å². The highest BCUT2D eigenvalue weighted by Crippen LogP contribution is 2.23. The van der Waals surface area contributed by atoms with Crippen LogP contribution in [0.2, 0.25) is 0 Å². The van der Waals surface area contributed by atoms with Gasteiger partial charge < -0.3 is 9.26 Å². The van der Waals surface area contributed by atoms with E-state index in [4.69, 9.17) is 9.26 Å². The molecule has 0 saturated carbocycles. The fourth-order valence-corrected chi connectivity index (χ4v) is 2.72. The zero-order valence-electron chi connectivity index (χ0n) is 11.7. The first-order chi connectivity index (χ1) is 11.2. The van der Waals surface area contributed by atoms with E-state index in [1.165, 1.54) is 0 Å². The average molecular weight is 438 g/mol. The molecular formula is C16H10Br2N2O3. The lowest BCUT2D eigenvalue weighted by molar-refractivity contribution is 0.111. The van der Waals surface area contributed by atoms with Crippen LogP contribution in [0.5, 0.6) is 5.75 Å². The van der Waals surface area contributed by atoms with Crippen molar-refractivity contribution in [3.63, 3.8) is 0 Å². The smallest absolute Gasteiger partial charge is 0.264 e. The Morgan fingerprint density at radius 3 is 2.74 bits per heavy atom. The van der Waals surface area contributed by atoms with Gasteiger partial charge >= 0.3 is 0 Å². The molecule has 0 radical (unpaired) electrons. The Morgan fingerprint density at radius 1 is 1.13 bits per heavy atom. The second-order valence-electron chi connectivity index (χ2n) is 4.61. The lowest BCUT2D eigenvalue weighted by atomic mass is 10.2. The van der Waals surface area contributed by atoms with Crippen molar-refractivity contribution in [3.05, 3.63) is 62.9 Å². The minimum absolute atomic E-state index is 0.0868. The van der Waals surface area contributed by atoms with Gasteiger partial charge in [0.1, 0.15) is 5.75 Å². The number of nitrogens with zero attached hydrogens (tertiary/aromatic N) is 2. The van der Waals surface area contributed by atoms with E-state index < -0.39 is 0 Å². The molecule has 0 amide bonds. The molecule has 7 heteroatoms. The SMILES string of the molecule is O=Cc1cc(Br)ccc1OCc1nc(-c2cccc(Br)c2)no1. The maximum absolute atomic E-state index is 11.1. The van der Waals surface area contributed by atoms with E-state index in [-0.39, 0.29) is 6.61 Å². The van der Waals surface area contributed by atoms with Gasteiger partial charge in [-0.3, -0.25) is 4.79 Å². The highest BCUT2D eigenvalue weighted by molar-refractivity contribution is 9.10. The lowest BCUT2D eigenvalue weighted by Gasteiger charge is -2.05. The van der Waals surface area contributed by atoms with E-state index in [0.29, 0.717) is 23.0 Å². The van der Waals surface area contributed by atoms with Crippen LogP contribution in [0.4, 0.5) is 0 Å². The summed E-state index contributed by atoms with van der Waals surface area (Å²) in [6.07, 6.45) is 0.737. The normalized spacial score (nSPS) is 10.5. The third kappa shape index (κ3) is 3.86. The van der Waals surface area contributed by atoms with Gasteiger partial charge in [0.05, 0.1) is 5.56 Å². The van der Waals surface area contributed by atoms with Crippen molar-refractivity contribution < 1.29 is 14.1 Å². The van der Waals surface area contributed by atoms with Crippen molar-refractivity contribution in [3.8, 4) is 17.1 Å². The van der Waals surface area contributed by atoms with E-state index in [0.717, 1.165) is 20.8 Å². The van der Waals surface area contributed by atoms with Gasteiger partial charge in [-0.2, -0.15) is 4.98 Å². The second-order valence-corrected chi connectivity index (χ2v) is 6.44. The molecule has 0 fully saturated rings. The third-order valence-corrected chi connectivity index (χ3v) is 3.99. The van der Waals surface area contributed by atoms with Gasteiger partial charge in [0, 0.05) is 14.5 Å². The Morgan fingerprint density at radius 2 is 1.96 bits per heavy atom. The molecule has 0 aliphatic carbocycles. The molecule has 0 unspecified atom stereocenters.